The Balaban J connectivity index is 0.000000956. The molecule has 0 aromatic heterocycles. The van der Waals surface area contributed by atoms with Gasteiger partial charge in [-0.1, -0.05) is 26.5 Å². The average molecular weight is 273 g/mol. The third-order valence-corrected chi connectivity index (χ3v) is 2.60. The molecule has 0 bridgehead atoms. The van der Waals surface area contributed by atoms with E-state index < -0.39 is 7.12 Å². The number of nitrogens with zero attached hydrogens (tertiary/aromatic N) is 1. The topological polar surface area (TPSA) is 51.0 Å². The lowest BCUT2D eigenvalue weighted by Gasteiger charge is -2.07. The lowest BCUT2D eigenvalue weighted by atomic mass is 9.79. The zero-order chi connectivity index (χ0) is 15.0. The van der Waals surface area contributed by atoms with E-state index in [0.29, 0.717) is 18.1 Å². The van der Waals surface area contributed by atoms with Gasteiger partial charge in [-0.15, -0.1) is 0 Å². The normalized spacial score (nSPS) is 13.8. The molecule has 106 valence electrons. The van der Waals surface area contributed by atoms with Gasteiger partial charge in [0.15, 0.2) is 0 Å². The van der Waals surface area contributed by atoms with Gasteiger partial charge in [-0.3, -0.25) is 4.99 Å². The molecule has 0 spiro atoms. The summed E-state index contributed by atoms with van der Waals surface area (Å²) in [7, 11) is 0.817. The number of rotatable bonds is 4. The third-order valence-electron chi connectivity index (χ3n) is 2.60. The van der Waals surface area contributed by atoms with Crippen LogP contribution in [0, 0.1) is 0 Å². The maximum atomic E-state index is 9.60. The molecule has 1 N–H and O–H groups in total. The summed E-state index contributed by atoms with van der Waals surface area (Å²) in [5, 5.41) is 9.60. The highest BCUT2D eigenvalue weighted by atomic mass is 16.5. The molecule has 0 amide bonds. The lowest BCUT2D eigenvalue weighted by Crippen LogP contribution is -2.27. The number of fused-ring (bicyclic) bond motifs is 1. The van der Waals surface area contributed by atoms with Crippen molar-refractivity contribution in [3.63, 3.8) is 0 Å². The number of ether oxygens (including phenoxy) is 1. The van der Waals surface area contributed by atoms with E-state index in [9.17, 15) is 5.02 Å². The Morgan fingerprint density at radius 3 is 2.90 bits per heavy atom. The second kappa shape index (κ2) is 8.35. The zero-order valence-electron chi connectivity index (χ0n) is 12.2. The van der Waals surface area contributed by atoms with Gasteiger partial charge in [0.05, 0.1) is 6.61 Å². The fourth-order valence-corrected chi connectivity index (χ4v) is 1.68. The van der Waals surface area contributed by atoms with Crippen molar-refractivity contribution in [3.05, 3.63) is 48.3 Å². The molecule has 20 heavy (non-hydrogen) atoms. The van der Waals surface area contributed by atoms with Crippen LogP contribution < -0.4 is 10.2 Å². The highest BCUT2D eigenvalue weighted by molar-refractivity contribution is 6.61. The molecule has 0 unspecified atom stereocenters. The van der Waals surface area contributed by atoms with Crippen LogP contribution in [0.15, 0.2) is 47.7 Å². The Kier molecular flexibility index (Phi) is 6.77. The molecule has 1 aromatic rings. The molecule has 0 radical (unpaired) electrons. The van der Waals surface area contributed by atoms with Crippen molar-refractivity contribution in [2.24, 2.45) is 4.99 Å². The van der Waals surface area contributed by atoms with Crippen molar-refractivity contribution >= 4 is 18.8 Å². The van der Waals surface area contributed by atoms with Crippen molar-refractivity contribution in [1.82, 2.24) is 0 Å². The molecular weight excluding hydrogens is 253 g/mol. The molecule has 0 fully saturated rings. The minimum atomic E-state index is -0.864. The molecule has 0 saturated heterocycles. The molecule has 1 aliphatic rings. The number of aliphatic imine (C=N–C) groups is 1. The van der Waals surface area contributed by atoms with Crippen LogP contribution in [0.4, 0.5) is 0 Å². The molecule has 0 saturated carbocycles. The van der Waals surface area contributed by atoms with Gasteiger partial charge >= 0.3 is 7.12 Å². The fourth-order valence-electron chi connectivity index (χ4n) is 1.68. The van der Waals surface area contributed by atoms with Crippen molar-refractivity contribution in [1.29, 1.82) is 0 Å². The molecule has 0 aliphatic carbocycles. The van der Waals surface area contributed by atoms with Gasteiger partial charge in [-0.25, -0.2) is 0 Å². The van der Waals surface area contributed by atoms with Crippen molar-refractivity contribution in [2.45, 2.75) is 20.5 Å². The first-order chi connectivity index (χ1) is 9.74. The Bertz CT molecular complexity index is 512. The number of hydrogen-bond donors (Lipinski definition) is 1. The van der Waals surface area contributed by atoms with Crippen LogP contribution >= 0.6 is 0 Å². The van der Waals surface area contributed by atoms with Crippen molar-refractivity contribution in [3.8, 4) is 5.75 Å². The second-order valence-corrected chi connectivity index (χ2v) is 3.81. The Morgan fingerprint density at radius 2 is 2.25 bits per heavy atom. The highest BCUT2D eigenvalue weighted by Gasteiger charge is 2.27. The van der Waals surface area contributed by atoms with E-state index in [0.717, 1.165) is 11.0 Å². The van der Waals surface area contributed by atoms with E-state index in [-0.39, 0.29) is 0 Å². The molecule has 1 aliphatic heterocycles. The Labute approximate surface area is 120 Å². The fraction of sp³-hybridized carbons (Fsp3) is 0.267. The van der Waals surface area contributed by atoms with Crippen molar-refractivity contribution in [2.75, 3.05) is 7.05 Å². The van der Waals surface area contributed by atoms with Crippen LogP contribution in [-0.4, -0.2) is 25.4 Å². The smallest absolute Gasteiger partial charge is 0.457 e. The zero-order valence-corrected chi connectivity index (χ0v) is 12.2. The summed E-state index contributed by atoms with van der Waals surface area (Å²) in [4.78, 5) is 3.85. The number of hydrogen-bond acceptors (Lipinski definition) is 4. The minimum absolute atomic E-state index is 0.434. The van der Waals surface area contributed by atoms with E-state index >= 15 is 0 Å². The first kappa shape index (κ1) is 16.2. The first-order valence-electron chi connectivity index (χ1n) is 6.60. The summed E-state index contributed by atoms with van der Waals surface area (Å²) in [6, 6.07) is 5.49. The predicted octanol–water partition coefficient (Wildman–Crippen LogP) is 2.08. The van der Waals surface area contributed by atoms with Crippen LogP contribution in [0.5, 0.6) is 5.75 Å². The standard InChI is InChI=1S/C13H14BNO3.C2H6/c1-3-11(6-7-15-2)18-12-5-4-10-9-17-14(16)13(10)8-12;1-2/h3-8,16H,1,9H2,2H3;1-2H3/b11-6+,15-7?;. The van der Waals surface area contributed by atoms with E-state index in [1.54, 1.807) is 31.5 Å². The molecule has 4 nitrogen and oxygen atoms in total. The van der Waals surface area contributed by atoms with Crippen LogP contribution in [0.3, 0.4) is 0 Å². The van der Waals surface area contributed by atoms with Gasteiger partial charge in [-0.2, -0.15) is 0 Å². The minimum Gasteiger partial charge on any atom is -0.457 e. The van der Waals surface area contributed by atoms with Gasteiger partial charge in [0, 0.05) is 13.3 Å². The maximum Gasteiger partial charge on any atom is 0.491 e. The highest BCUT2D eigenvalue weighted by Crippen LogP contribution is 2.18. The number of allylic oxidation sites excluding steroid dienone is 2. The van der Waals surface area contributed by atoms with Crippen LogP contribution in [0.1, 0.15) is 19.4 Å². The average Bonchev–Trinajstić information content (AvgIpc) is 2.86. The molecule has 1 heterocycles. The molecular formula is C15H20BNO3. The molecule has 5 heteroatoms. The maximum absolute atomic E-state index is 9.60. The summed E-state index contributed by atoms with van der Waals surface area (Å²) in [6.07, 6.45) is 4.94. The van der Waals surface area contributed by atoms with E-state index in [1.165, 1.54) is 0 Å². The quantitative estimate of drug-likeness (QED) is 0.395. The third kappa shape index (κ3) is 4.08. The van der Waals surface area contributed by atoms with Gasteiger partial charge in [0.2, 0.25) is 0 Å². The van der Waals surface area contributed by atoms with Gasteiger partial charge in [0.25, 0.3) is 0 Å². The van der Waals surface area contributed by atoms with Crippen LogP contribution in [0.2, 0.25) is 0 Å². The largest absolute Gasteiger partial charge is 0.491 e. The monoisotopic (exact) mass is 273 g/mol. The van der Waals surface area contributed by atoms with E-state index in [1.807, 2.05) is 26.0 Å². The van der Waals surface area contributed by atoms with Gasteiger partial charge in [0.1, 0.15) is 11.5 Å². The summed E-state index contributed by atoms with van der Waals surface area (Å²) in [5.41, 5.74) is 1.73. The Hall–Kier alpha value is -1.85. The molecule has 2 rings (SSSR count). The van der Waals surface area contributed by atoms with E-state index in [4.69, 9.17) is 9.39 Å². The van der Waals surface area contributed by atoms with E-state index in [2.05, 4.69) is 11.6 Å². The van der Waals surface area contributed by atoms with Crippen LogP contribution in [-0.2, 0) is 11.3 Å². The summed E-state index contributed by atoms with van der Waals surface area (Å²) in [5.74, 6) is 1.22. The van der Waals surface area contributed by atoms with Crippen LogP contribution in [0.25, 0.3) is 0 Å². The SMILES string of the molecule is C=C/C(=C\C=NC)Oc1ccc2c(c1)B(O)OC2.CC. The summed E-state index contributed by atoms with van der Waals surface area (Å²) >= 11 is 0. The number of benzene rings is 1. The summed E-state index contributed by atoms with van der Waals surface area (Å²) in [6.45, 7) is 8.10. The van der Waals surface area contributed by atoms with Crippen molar-refractivity contribution < 1.29 is 14.4 Å². The lowest BCUT2D eigenvalue weighted by molar-refractivity contribution is 0.275. The summed E-state index contributed by atoms with van der Waals surface area (Å²) < 4.78 is 10.7. The predicted molar refractivity (Wildman–Crippen MR) is 83.5 cm³/mol. The first-order valence-corrected chi connectivity index (χ1v) is 6.60. The molecule has 0 atom stereocenters. The van der Waals surface area contributed by atoms with Gasteiger partial charge < -0.3 is 14.4 Å². The van der Waals surface area contributed by atoms with Gasteiger partial charge in [-0.05, 0) is 35.3 Å². The Morgan fingerprint density at radius 1 is 1.50 bits per heavy atom. The molecule has 1 aromatic carbocycles. The second-order valence-electron chi connectivity index (χ2n) is 3.81.